The van der Waals surface area contributed by atoms with E-state index in [1.54, 1.807) is 0 Å². The van der Waals surface area contributed by atoms with E-state index in [9.17, 15) is 0 Å². The summed E-state index contributed by atoms with van der Waals surface area (Å²) in [6.07, 6.45) is 1.37. The van der Waals surface area contributed by atoms with E-state index in [1.807, 2.05) is 11.8 Å². The molecule has 3 aromatic carbocycles. The molecule has 120 valence electrons. The lowest BCUT2D eigenvalue weighted by Gasteiger charge is -2.19. The molecule has 0 aliphatic heterocycles. The summed E-state index contributed by atoms with van der Waals surface area (Å²) in [7, 11) is -0.232. The van der Waals surface area contributed by atoms with Crippen LogP contribution in [0.3, 0.4) is 0 Å². The standard InChI is InChI=1S/C22H21PS/c1-4-10-19(11-5-1)23(20-12-6-2-7-13-20)22-16-18(22)17-24-21-14-8-3-9-15-21/h1-15,18,22H,16-17H2/t18-,22-/m1/s1. The first-order chi connectivity index (χ1) is 11.9. The second-order valence-corrected chi connectivity index (χ2v) is 9.76. The Labute approximate surface area is 150 Å². The Morgan fingerprint density at radius 1 is 0.708 bits per heavy atom. The van der Waals surface area contributed by atoms with E-state index in [0.29, 0.717) is 0 Å². The number of hydrogen-bond acceptors (Lipinski definition) is 1. The van der Waals surface area contributed by atoms with E-state index >= 15 is 0 Å². The lowest BCUT2D eigenvalue weighted by molar-refractivity contribution is 1.00. The predicted octanol–water partition coefficient (Wildman–Crippen LogP) is 5.30. The first-order valence-electron chi connectivity index (χ1n) is 8.49. The molecule has 0 N–H and O–H groups in total. The highest BCUT2D eigenvalue weighted by Gasteiger charge is 2.43. The van der Waals surface area contributed by atoms with Gasteiger partial charge in [0.1, 0.15) is 0 Å². The molecule has 0 bridgehead atoms. The van der Waals surface area contributed by atoms with Gasteiger partial charge in [-0.15, -0.1) is 11.8 Å². The summed E-state index contributed by atoms with van der Waals surface area (Å²) in [4.78, 5) is 1.40. The van der Waals surface area contributed by atoms with Gasteiger partial charge in [-0.1, -0.05) is 78.9 Å². The van der Waals surface area contributed by atoms with Gasteiger partial charge in [0.15, 0.2) is 0 Å². The van der Waals surface area contributed by atoms with Gasteiger partial charge in [-0.2, -0.15) is 0 Å². The highest BCUT2D eigenvalue weighted by Crippen LogP contribution is 2.57. The smallest absolute Gasteiger partial charge is 0.00720 e. The number of benzene rings is 3. The van der Waals surface area contributed by atoms with Crippen LogP contribution < -0.4 is 10.6 Å². The van der Waals surface area contributed by atoms with Crippen molar-refractivity contribution >= 4 is 30.3 Å². The highest BCUT2D eigenvalue weighted by molar-refractivity contribution is 7.99. The molecule has 4 rings (SSSR count). The van der Waals surface area contributed by atoms with Crippen molar-refractivity contribution in [2.24, 2.45) is 5.92 Å². The molecule has 1 fully saturated rings. The number of hydrogen-bond donors (Lipinski definition) is 0. The Bertz CT molecular complexity index is 718. The Hall–Kier alpha value is -1.56. The lowest BCUT2D eigenvalue weighted by Crippen LogP contribution is -2.15. The topological polar surface area (TPSA) is 0 Å². The van der Waals surface area contributed by atoms with Crippen molar-refractivity contribution in [2.75, 3.05) is 5.75 Å². The Kier molecular flexibility index (Phi) is 5.02. The lowest BCUT2D eigenvalue weighted by atomic mass is 10.4. The molecule has 0 aromatic heterocycles. The molecular weight excluding hydrogens is 327 g/mol. The van der Waals surface area contributed by atoms with E-state index in [2.05, 4.69) is 91.0 Å². The second kappa shape index (κ2) is 7.55. The van der Waals surface area contributed by atoms with Gasteiger partial charge in [-0.05, 0) is 48.7 Å². The third-order valence-electron chi connectivity index (χ3n) is 4.49. The maximum Gasteiger partial charge on any atom is 0.00720 e. The average molecular weight is 348 g/mol. The minimum Gasteiger partial charge on any atom is -0.126 e. The van der Waals surface area contributed by atoms with Crippen LogP contribution in [0.5, 0.6) is 0 Å². The molecule has 0 heterocycles. The van der Waals surface area contributed by atoms with Crippen LogP contribution in [-0.4, -0.2) is 11.4 Å². The van der Waals surface area contributed by atoms with Gasteiger partial charge >= 0.3 is 0 Å². The van der Waals surface area contributed by atoms with Crippen LogP contribution in [0.2, 0.25) is 0 Å². The average Bonchev–Trinajstić information content (AvgIpc) is 3.42. The van der Waals surface area contributed by atoms with E-state index in [-0.39, 0.29) is 7.92 Å². The van der Waals surface area contributed by atoms with Crippen molar-refractivity contribution in [3.63, 3.8) is 0 Å². The third-order valence-corrected chi connectivity index (χ3v) is 8.70. The molecule has 0 spiro atoms. The first-order valence-corrected chi connectivity index (χ1v) is 10.9. The van der Waals surface area contributed by atoms with Gasteiger partial charge in [0, 0.05) is 10.6 Å². The number of rotatable bonds is 6. The van der Waals surface area contributed by atoms with Crippen LogP contribution in [0.15, 0.2) is 95.9 Å². The van der Waals surface area contributed by atoms with Gasteiger partial charge in [-0.3, -0.25) is 0 Å². The van der Waals surface area contributed by atoms with Crippen molar-refractivity contribution in [2.45, 2.75) is 17.0 Å². The molecule has 0 saturated heterocycles. The monoisotopic (exact) mass is 348 g/mol. The summed E-state index contributed by atoms with van der Waals surface area (Å²) in [6.45, 7) is 0. The summed E-state index contributed by atoms with van der Waals surface area (Å²) >= 11 is 2.01. The summed E-state index contributed by atoms with van der Waals surface area (Å²) in [5.41, 5.74) is 0.834. The molecule has 2 heteroatoms. The SMILES string of the molecule is c1ccc(SC[C@H]2C[C@H]2P(c2ccccc2)c2ccccc2)cc1. The van der Waals surface area contributed by atoms with Crippen LogP contribution in [-0.2, 0) is 0 Å². The summed E-state index contributed by atoms with van der Waals surface area (Å²) < 4.78 is 0. The molecule has 1 saturated carbocycles. The molecule has 1 aliphatic carbocycles. The van der Waals surface area contributed by atoms with Crippen LogP contribution in [0, 0.1) is 5.92 Å². The van der Waals surface area contributed by atoms with E-state index < -0.39 is 0 Å². The fourth-order valence-electron chi connectivity index (χ4n) is 3.16. The molecule has 0 radical (unpaired) electrons. The fraction of sp³-hybridized carbons (Fsp3) is 0.182. The minimum atomic E-state index is -0.232. The molecule has 3 aromatic rings. The summed E-state index contributed by atoms with van der Waals surface area (Å²) in [5.74, 6) is 2.09. The Morgan fingerprint density at radius 2 is 1.21 bits per heavy atom. The maximum atomic E-state index is 2.32. The Morgan fingerprint density at radius 3 is 1.75 bits per heavy atom. The summed E-state index contributed by atoms with van der Waals surface area (Å²) in [5, 5.41) is 3.05. The van der Waals surface area contributed by atoms with Gasteiger partial charge in [0.05, 0.1) is 0 Å². The quantitative estimate of drug-likeness (QED) is 0.430. The van der Waals surface area contributed by atoms with Gasteiger partial charge in [0.25, 0.3) is 0 Å². The zero-order valence-electron chi connectivity index (χ0n) is 13.6. The molecule has 24 heavy (non-hydrogen) atoms. The molecule has 0 amide bonds. The molecule has 1 aliphatic rings. The minimum absolute atomic E-state index is 0.232. The van der Waals surface area contributed by atoms with E-state index in [1.165, 1.54) is 27.7 Å². The van der Waals surface area contributed by atoms with Crippen LogP contribution >= 0.6 is 19.7 Å². The largest absolute Gasteiger partial charge is 0.126 e. The van der Waals surface area contributed by atoms with Gasteiger partial charge < -0.3 is 0 Å². The first kappa shape index (κ1) is 15.9. The van der Waals surface area contributed by atoms with Gasteiger partial charge in [-0.25, -0.2) is 0 Å². The molecular formula is C22H21PS. The van der Waals surface area contributed by atoms with Crippen molar-refractivity contribution in [3.8, 4) is 0 Å². The zero-order chi connectivity index (χ0) is 16.2. The van der Waals surface area contributed by atoms with Crippen molar-refractivity contribution < 1.29 is 0 Å². The number of thioether (sulfide) groups is 1. The Balaban J connectivity index is 1.49. The van der Waals surface area contributed by atoms with Gasteiger partial charge in [0.2, 0.25) is 0 Å². The fourth-order valence-corrected chi connectivity index (χ4v) is 7.48. The maximum absolute atomic E-state index is 2.32. The summed E-state index contributed by atoms with van der Waals surface area (Å²) in [6, 6.07) is 33.1. The van der Waals surface area contributed by atoms with Crippen molar-refractivity contribution in [1.29, 1.82) is 0 Å². The molecule has 2 atom stereocenters. The van der Waals surface area contributed by atoms with E-state index in [4.69, 9.17) is 0 Å². The second-order valence-electron chi connectivity index (χ2n) is 6.23. The van der Waals surface area contributed by atoms with Crippen molar-refractivity contribution in [3.05, 3.63) is 91.0 Å². The normalized spacial score (nSPS) is 19.4. The molecule has 0 nitrogen and oxygen atoms in total. The van der Waals surface area contributed by atoms with Crippen LogP contribution in [0.1, 0.15) is 6.42 Å². The van der Waals surface area contributed by atoms with E-state index in [0.717, 1.165) is 11.6 Å². The third kappa shape index (κ3) is 3.74. The van der Waals surface area contributed by atoms with Crippen LogP contribution in [0.4, 0.5) is 0 Å². The highest BCUT2D eigenvalue weighted by atomic mass is 32.2. The zero-order valence-corrected chi connectivity index (χ0v) is 15.3. The molecule has 0 unspecified atom stereocenters. The predicted molar refractivity (Wildman–Crippen MR) is 108 cm³/mol. The van der Waals surface area contributed by atoms with Crippen LogP contribution in [0.25, 0.3) is 0 Å². The van der Waals surface area contributed by atoms with Crippen molar-refractivity contribution in [1.82, 2.24) is 0 Å².